The number of hydrogen-bond acceptors (Lipinski definition) is 9. The third-order valence-electron chi connectivity index (χ3n) is 7.69. The SMILES string of the molecule is CCCC(CC(=O)CCCNC(=O)CCCS(=O)(=O)NC(=O)CCCCCCCCCCCCCCCc1nn[nH]n1)C(=O)O. The summed E-state index contributed by atoms with van der Waals surface area (Å²) in [5.41, 5.74) is 0. The molecule has 4 N–H and O–H groups in total. The Morgan fingerprint density at radius 1 is 0.778 bits per heavy atom. The lowest BCUT2D eigenvalue weighted by Gasteiger charge is -2.10. The monoisotopic (exact) mass is 656 g/mol. The number of tetrazole rings is 1. The zero-order valence-corrected chi connectivity index (χ0v) is 28.0. The van der Waals surface area contributed by atoms with Crippen molar-refractivity contribution in [3.63, 3.8) is 0 Å². The summed E-state index contributed by atoms with van der Waals surface area (Å²) < 4.78 is 26.5. The van der Waals surface area contributed by atoms with Gasteiger partial charge in [-0.3, -0.25) is 23.9 Å². The van der Waals surface area contributed by atoms with E-state index in [1.54, 1.807) is 0 Å². The van der Waals surface area contributed by atoms with E-state index in [9.17, 15) is 27.6 Å². The number of carbonyl (C=O) groups is 4. The number of amides is 2. The molecule has 1 heterocycles. The number of aromatic nitrogens is 4. The van der Waals surface area contributed by atoms with Crippen molar-refractivity contribution in [2.24, 2.45) is 5.92 Å². The normalized spacial score (nSPS) is 12.1. The topological polar surface area (TPSA) is 201 Å². The van der Waals surface area contributed by atoms with Crippen LogP contribution in [0, 0.1) is 5.92 Å². The van der Waals surface area contributed by atoms with E-state index in [4.69, 9.17) is 5.11 Å². The molecule has 14 heteroatoms. The average Bonchev–Trinajstić information content (AvgIpc) is 3.50. The highest BCUT2D eigenvalue weighted by Crippen LogP contribution is 2.15. The van der Waals surface area contributed by atoms with E-state index in [0.29, 0.717) is 25.7 Å². The van der Waals surface area contributed by atoms with Crippen LogP contribution in [0.25, 0.3) is 0 Å². The summed E-state index contributed by atoms with van der Waals surface area (Å²) in [7, 11) is -3.80. The molecule has 0 saturated heterocycles. The Morgan fingerprint density at radius 3 is 1.91 bits per heavy atom. The lowest BCUT2D eigenvalue weighted by atomic mass is 9.96. The van der Waals surface area contributed by atoms with Gasteiger partial charge in [0.25, 0.3) is 0 Å². The summed E-state index contributed by atoms with van der Waals surface area (Å²) in [6, 6.07) is 0. The first-order valence-corrected chi connectivity index (χ1v) is 18.5. The van der Waals surface area contributed by atoms with E-state index in [1.165, 1.54) is 51.4 Å². The molecular formula is C31H56N6O7S. The van der Waals surface area contributed by atoms with Gasteiger partial charge in [0.2, 0.25) is 21.8 Å². The molecule has 0 fully saturated rings. The lowest BCUT2D eigenvalue weighted by molar-refractivity contribution is -0.144. The number of rotatable bonds is 30. The number of nitrogens with one attached hydrogen (secondary N) is 3. The summed E-state index contributed by atoms with van der Waals surface area (Å²) in [5, 5.41) is 25.7. The summed E-state index contributed by atoms with van der Waals surface area (Å²) >= 11 is 0. The highest BCUT2D eigenvalue weighted by Gasteiger charge is 2.20. The van der Waals surface area contributed by atoms with Crippen molar-refractivity contribution in [3.8, 4) is 0 Å². The maximum atomic E-state index is 12.2. The highest BCUT2D eigenvalue weighted by molar-refractivity contribution is 7.90. The molecule has 1 atom stereocenters. The van der Waals surface area contributed by atoms with Crippen molar-refractivity contribution >= 4 is 33.6 Å². The molecule has 1 rings (SSSR count). The van der Waals surface area contributed by atoms with Gasteiger partial charge in [0.1, 0.15) is 5.78 Å². The first-order valence-electron chi connectivity index (χ1n) is 16.9. The third kappa shape index (κ3) is 23.1. The quantitative estimate of drug-likeness (QED) is 0.0835. The van der Waals surface area contributed by atoms with Gasteiger partial charge in [0, 0.05) is 38.6 Å². The molecule has 0 bridgehead atoms. The number of aliphatic carboxylic acids is 1. The second-order valence-electron chi connectivity index (χ2n) is 11.9. The number of carboxylic acids is 1. The van der Waals surface area contributed by atoms with E-state index in [0.717, 1.165) is 37.9 Å². The highest BCUT2D eigenvalue weighted by atomic mass is 32.2. The number of carboxylic acid groups (broad SMARTS) is 1. The van der Waals surface area contributed by atoms with Gasteiger partial charge in [-0.05, 0) is 32.1 Å². The molecule has 45 heavy (non-hydrogen) atoms. The fraction of sp³-hybridized carbons (Fsp3) is 0.839. The molecule has 1 unspecified atom stereocenters. The van der Waals surface area contributed by atoms with Crippen LogP contribution >= 0.6 is 0 Å². The summed E-state index contributed by atoms with van der Waals surface area (Å²) in [4.78, 5) is 47.2. The minimum atomic E-state index is -3.80. The van der Waals surface area contributed by atoms with Gasteiger partial charge in [-0.2, -0.15) is 5.21 Å². The number of nitrogens with zero attached hydrogens (tertiary/aromatic N) is 3. The zero-order valence-electron chi connectivity index (χ0n) is 27.2. The number of hydrogen-bond donors (Lipinski definition) is 4. The minimum absolute atomic E-state index is 0.00544. The molecule has 0 aliphatic rings. The predicted molar refractivity (Wildman–Crippen MR) is 172 cm³/mol. The summed E-state index contributed by atoms with van der Waals surface area (Å²) in [5.74, 6) is -2.16. The maximum Gasteiger partial charge on any atom is 0.306 e. The van der Waals surface area contributed by atoms with Crippen LogP contribution in [0.2, 0.25) is 0 Å². The van der Waals surface area contributed by atoms with Crippen LogP contribution in [0.3, 0.4) is 0 Å². The Kier molecular flexibility index (Phi) is 22.6. The second-order valence-corrected chi connectivity index (χ2v) is 13.7. The van der Waals surface area contributed by atoms with Crippen molar-refractivity contribution in [2.75, 3.05) is 12.3 Å². The largest absolute Gasteiger partial charge is 0.481 e. The van der Waals surface area contributed by atoms with Crippen LogP contribution in [0.5, 0.6) is 0 Å². The lowest BCUT2D eigenvalue weighted by Crippen LogP contribution is -2.33. The first-order chi connectivity index (χ1) is 21.6. The van der Waals surface area contributed by atoms with Gasteiger partial charge >= 0.3 is 5.97 Å². The van der Waals surface area contributed by atoms with Gasteiger partial charge in [-0.1, -0.05) is 89.2 Å². The average molecular weight is 657 g/mol. The van der Waals surface area contributed by atoms with E-state index in [2.05, 4.69) is 30.7 Å². The molecule has 0 radical (unpaired) electrons. The molecule has 0 aliphatic carbocycles. The van der Waals surface area contributed by atoms with Gasteiger partial charge in [0.05, 0.1) is 11.7 Å². The van der Waals surface area contributed by atoms with E-state index in [1.807, 2.05) is 6.92 Å². The molecule has 13 nitrogen and oxygen atoms in total. The summed E-state index contributed by atoms with van der Waals surface area (Å²) in [6.07, 6.45) is 17.5. The van der Waals surface area contributed by atoms with Crippen molar-refractivity contribution in [3.05, 3.63) is 5.82 Å². The first kappa shape index (κ1) is 40.1. The fourth-order valence-electron chi connectivity index (χ4n) is 5.14. The standard InChI is InChI=1S/C31H56N6O7S/c1-2-18-26(31(41)42)25-27(38)19-16-23-32-29(39)22-17-24-45(43,44)35-30(40)21-15-13-11-9-7-5-3-4-6-8-10-12-14-20-28-33-36-37-34-28/h26H,2-25H2,1H3,(H,32,39)(H,35,40)(H,41,42)(H,33,34,36,37). The maximum absolute atomic E-state index is 12.2. The van der Waals surface area contributed by atoms with Gasteiger partial charge < -0.3 is 10.4 Å². The fourth-order valence-corrected chi connectivity index (χ4v) is 6.22. The molecule has 1 aromatic heterocycles. The number of carbonyl (C=O) groups excluding carboxylic acids is 3. The molecule has 258 valence electrons. The van der Waals surface area contributed by atoms with Crippen molar-refractivity contribution in [1.29, 1.82) is 0 Å². The molecule has 1 aromatic rings. The van der Waals surface area contributed by atoms with E-state index in [-0.39, 0.29) is 56.1 Å². The molecular weight excluding hydrogens is 600 g/mol. The molecule has 0 saturated carbocycles. The number of sulfonamides is 1. The number of aromatic amines is 1. The Bertz CT molecular complexity index is 1070. The van der Waals surface area contributed by atoms with Crippen LogP contribution in [0.4, 0.5) is 0 Å². The smallest absolute Gasteiger partial charge is 0.306 e. The van der Waals surface area contributed by atoms with Crippen LogP contribution in [-0.2, 0) is 35.6 Å². The van der Waals surface area contributed by atoms with Gasteiger partial charge in [0.15, 0.2) is 5.82 Å². The van der Waals surface area contributed by atoms with Crippen molar-refractivity contribution < 1.29 is 32.7 Å². The number of H-pyrrole nitrogens is 1. The zero-order chi connectivity index (χ0) is 33.2. The third-order valence-corrected chi connectivity index (χ3v) is 9.06. The number of Topliss-reactive ketones (excluding diaryl/α,β-unsaturated/α-hetero) is 1. The van der Waals surface area contributed by atoms with Crippen LogP contribution in [-0.4, -0.2) is 70.0 Å². The Labute approximate surface area is 268 Å². The van der Waals surface area contributed by atoms with Crippen LogP contribution < -0.4 is 10.0 Å². The predicted octanol–water partition coefficient (Wildman–Crippen LogP) is 4.79. The van der Waals surface area contributed by atoms with E-state index >= 15 is 0 Å². The van der Waals surface area contributed by atoms with Gasteiger partial charge in [-0.25, -0.2) is 8.42 Å². The molecule has 0 aromatic carbocycles. The molecule has 0 aliphatic heterocycles. The Hall–Kier alpha value is -2.90. The number of aryl methyl sites for hydroxylation is 1. The van der Waals surface area contributed by atoms with Crippen molar-refractivity contribution in [1.82, 2.24) is 30.7 Å². The Morgan fingerprint density at radius 2 is 1.36 bits per heavy atom. The summed E-state index contributed by atoms with van der Waals surface area (Å²) in [6.45, 7) is 2.12. The number of ketones is 1. The van der Waals surface area contributed by atoms with Crippen LogP contribution in [0.1, 0.15) is 148 Å². The van der Waals surface area contributed by atoms with Crippen LogP contribution in [0.15, 0.2) is 0 Å². The van der Waals surface area contributed by atoms with Crippen molar-refractivity contribution in [2.45, 2.75) is 148 Å². The van der Waals surface area contributed by atoms with Gasteiger partial charge in [-0.15, -0.1) is 10.2 Å². The molecule has 0 spiro atoms. The molecule has 2 amide bonds. The number of unbranched alkanes of at least 4 members (excludes halogenated alkanes) is 12. The second kappa shape index (κ2) is 25.3. The Balaban J connectivity index is 1.94. The van der Waals surface area contributed by atoms with E-state index < -0.39 is 27.8 Å². The minimum Gasteiger partial charge on any atom is -0.481 e.